The molecular formula is C22H37N5O4. The normalized spacial score (nSPS) is 24.5. The van der Waals surface area contributed by atoms with Crippen molar-refractivity contribution in [3.8, 4) is 0 Å². The molecule has 2 heterocycles. The highest BCUT2D eigenvalue weighted by molar-refractivity contribution is 5.93. The lowest BCUT2D eigenvalue weighted by Gasteiger charge is -2.42. The van der Waals surface area contributed by atoms with Crippen molar-refractivity contribution in [2.24, 2.45) is 17.6 Å². The summed E-state index contributed by atoms with van der Waals surface area (Å²) in [6, 6.07) is -1.55. The van der Waals surface area contributed by atoms with Gasteiger partial charge in [0.15, 0.2) is 0 Å². The molecule has 9 heteroatoms. The summed E-state index contributed by atoms with van der Waals surface area (Å²) in [5.74, 6) is -0.843. The number of hydrogen-bond acceptors (Lipinski definition) is 5. The van der Waals surface area contributed by atoms with Crippen molar-refractivity contribution < 1.29 is 19.2 Å². The summed E-state index contributed by atoms with van der Waals surface area (Å²) in [4.78, 5) is 53.7. The second-order valence-corrected chi connectivity index (χ2v) is 9.24. The Morgan fingerprint density at radius 2 is 1.71 bits per heavy atom. The van der Waals surface area contributed by atoms with Crippen molar-refractivity contribution in [3.05, 3.63) is 0 Å². The zero-order valence-corrected chi connectivity index (χ0v) is 18.6. The van der Waals surface area contributed by atoms with Crippen LogP contribution in [0.15, 0.2) is 0 Å². The lowest BCUT2D eigenvalue weighted by Crippen LogP contribution is -2.64. The predicted octanol–water partition coefficient (Wildman–Crippen LogP) is -0.0142. The second-order valence-electron chi connectivity index (χ2n) is 9.24. The minimum atomic E-state index is -0.798. The van der Waals surface area contributed by atoms with Gasteiger partial charge in [0.05, 0.1) is 6.54 Å². The van der Waals surface area contributed by atoms with E-state index in [2.05, 4.69) is 10.6 Å². The van der Waals surface area contributed by atoms with E-state index in [0.717, 1.165) is 51.6 Å². The van der Waals surface area contributed by atoms with Gasteiger partial charge in [-0.2, -0.15) is 0 Å². The number of piperidine rings is 1. The molecule has 0 aromatic rings. The van der Waals surface area contributed by atoms with Crippen LogP contribution in [-0.4, -0.2) is 78.2 Å². The van der Waals surface area contributed by atoms with Gasteiger partial charge in [-0.1, -0.05) is 32.1 Å². The first-order valence-corrected chi connectivity index (χ1v) is 11.7. The molecule has 3 rings (SSSR count). The molecule has 4 N–H and O–H groups in total. The van der Waals surface area contributed by atoms with Crippen molar-refractivity contribution >= 4 is 23.6 Å². The molecular weight excluding hydrogens is 398 g/mol. The lowest BCUT2D eigenvalue weighted by molar-refractivity contribution is -0.151. The molecule has 4 amide bonds. The van der Waals surface area contributed by atoms with Crippen LogP contribution in [0.2, 0.25) is 0 Å². The highest BCUT2D eigenvalue weighted by atomic mass is 16.2. The maximum atomic E-state index is 13.3. The van der Waals surface area contributed by atoms with Crippen molar-refractivity contribution in [1.82, 2.24) is 20.4 Å². The van der Waals surface area contributed by atoms with E-state index in [9.17, 15) is 19.2 Å². The molecule has 0 radical (unpaired) electrons. The van der Waals surface area contributed by atoms with Gasteiger partial charge in [-0.25, -0.2) is 0 Å². The number of amides is 4. The third-order valence-electron chi connectivity index (χ3n) is 7.05. The standard InChI is InChI=1S/C22H37N5O4/c1-15(28)26-11-12-27(22(31)17-7-9-24-10-8-17)19(14-26)21(30)25-18(20(23)29)13-16-5-3-2-4-6-16/h16-19,24H,2-14H2,1H3,(H2,23,29)(H,25,30). The first kappa shape index (κ1) is 23.5. The highest BCUT2D eigenvalue weighted by Crippen LogP contribution is 2.27. The summed E-state index contributed by atoms with van der Waals surface area (Å²) in [6.07, 6.45) is 7.59. The van der Waals surface area contributed by atoms with Gasteiger partial charge in [-0.15, -0.1) is 0 Å². The number of nitrogens with one attached hydrogen (secondary N) is 2. The van der Waals surface area contributed by atoms with Gasteiger partial charge >= 0.3 is 0 Å². The second kappa shape index (κ2) is 10.9. The fraction of sp³-hybridized carbons (Fsp3) is 0.818. The molecule has 3 aliphatic rings. The third kappa shape index (κ3) is 6.18. The summed E-state index contributed by atoms with van der Waals surface area (Å²) in [6.45, 7) is 3.92. The topological polar surface area (TPSA) is 125 Å². The molecule has 2 atom stereocenters. The molecule has 0 aromatic heterocycles. The Balaban J connectivity index is 1.70. The Labute approximate surface area is 184 Å². The van der Waals surface area contributed by atoms with E-state index in [0.29, 0.717) is 25.4 Å². The lowest BCUT2D eigenvalue weighted by atomic mass is 9.84. The van der Waals surface area contributed by atoms with Gasteiger partial charge < -0.3 is 26.2 Å². The van der Waals surface area contributed by atoms with Crippen LogP contribution in [0.5, 0.6) is 0 Å². The molecule has 0 spiro atoms. The predicted molar refractivity (Wildman–Crippen MR) is 116 cm³/mol. The van der Waals surface area contributed by atoms with Crippen LogP contribution >= 0.6 is 0 Å². The van der Waals surface area contributed by atoms with Crippen LogP contribution in [0.1, 0.15) is 58.3 Å². The summed E-state index contributed by atoms with van der Waals surface area (Å²) < 4.78 is 0. The van der Waals surface area contributed by atoms with Crippen molar-refractivity contribution in [3.63, 3.8) is 0 Å². The average molecular weight is 436 g/mol. The number of carbonyl (C=O) groups is 4. The first-order chi connectivity index (χ1) is 14.9. The molecule has 9 nitrogen and oxygen atoms in total. The monoisotopic (exact) mass is 435 g/mol. The Kier molecular flexibility index (Phi) is 8.28. The number of nitrogens with zero attached hydrogens (tertiary/aromatic N) is 2. The summed E-state index contributed by atoms with van der Waals surface area (Å²) in [5, 5.41) is 6.07. The fourth-order valence-corrected chi connectivity index (χ4v) is 5.13. The maximum Gasteiger partial charge on any atom is 0.245 e. The number of primary amides is 1. The molecule has 174 valence electrons. The number of hydrogen-bond donors (Lipinski definition) is 3. The van der Waals surface area contributed by atoms with E-state index in [1.165, 1.54) is 13.3 Å². The maximum absolute atomic E-state index is 13.3. The highest BCUT2D eigenvalue weighted by Gasteiger charge is 2.40. The summed E-state index contributed by atoms with van der Waals surface area (Å²) in [5.41, 5.74) is 5.61. The van der Waals surface area contributed by atoms with Crippen LogP contribution in [0.25, 0.3) is 0 Å². The molecule has 2 unspecified atom stereocenters. The molecule has 2 aliphatic heterocycles. The van der Waals surface area contributed by atoms with E-state index < -0.39 is 23.9 Å². The Hall–Kier alpha value is -2.16. The Bertz CT molecular complexity index is 673. The summed E-state index contributed by atoms with van der Waals surface area (Å²) in [7, 11) is 0. The Morgan fingerprint density at radius 3 is 2.32 bits per heavy atom. The minimum absolute atomic E-state index is 0.0345. The van der Waals surface area contributed by atoms with Crippen molar-refractivity contribution in [2.75, 3.05) is 32.7 Å². The zero-order chi connectivity index (χ0) is 22.4. The van der Waals surface area contributed by atoms with Gasteiger partial charge in [-0.3, -0.25) is 19.2 Å². The van der Waals surface area contributed by atoms with Gasteiger partial charge in [-0.05, 0) is 38.3 Å². The third-order valence-corrected chi connectivity index (χ3v) is 7.05. The first-order valence-electron chi connectivity index (χ1n) is 11.7. The van der Waals surface area contributed by atoms with Gasteiger partial charge in [0.1, 0.15) is 12.1 Å². The van der Waals surface area contributed by atoms with E-state index in [1.54, 1.807) is 9.80 Å². The largest absolute Gasteiger partial charge is 0.368 e. The molecule has 1 saturated carbocycles. The molecule has 0 aromatic carbocycles. The zero-order valence-electron chi connectivity index (χ0n) is 18.6. The summed E-state index contributed by atoms with van der Waals surface area (Å²) >= 11 is 0. The van der Waals surface area contributed by atoms with Crippen molar-refractivity contribution in [2.45, 2.75) is 70.4 Å². The number of rotatable bonds is 6. The van der Waals surface area contributed by atoms with Crippen LogP contribution in [-0.2, 0) is 19.2 Å². The fourth-order valence-electron chi connectivity index (χ4n) is 5.13. The SMILES string of the molecule is CC(=O)N1CCN(C(=O)C2CCNCC2)C(C(=O)NC(CC2CCCCC2)C(N)=O)C1. The Morgan fingerprint density at radius 1 is 1.03 bits per heavy atom. The van der Waals surface area contributed by atoms with E-state index in [1.807, 2.05) is 0 Å². The molecule has 3 fully saturated rings. The average Bonchev–Trinajstić information content (AvgIpc) is 2.78. The van der Waals surface area contributed by atoms with E-state index in [-0.39, 0.29) is 24.3 Å². The van der Waals surface area contributed by atoms with Crippen LogP contribution in [0.3, 0.4) is 0 Å². The van der Waals surface area contributed by atoms with Crippen LogP contribution in [0.4, 0.5) is 0 Å². The molecule has 31 heavy (non-hydrogen) atoms. The van der Waals surface area contributed by atoms with E-state index in [4.69, 9.17) is 5.73 Å². The minimum Gasteiger partial charge on any atom is -0.368 e. The number of nitrogens with two attached hydrogens (primary N) is 1. The van der Waals surface area contributed by atoms with E-state index >= 15 is 0 Å². The van der Waals surface area contributed by atoms with Gasteiger partial charge in [0, 0.05) is 25.9 Å². The number of carbonyl (C=O) groups excluding carboxylic acids is 4. The quantitative estimate of drug-likeness (QED) is 0.541. The number of piperazine rings is 1. The van der Waals surface area contributed by atoms with Crippen LogP contribution < -0.4 is 16.4 Å². The smallest absolute Gasteiger partial charge is 0.245 e. The molecule has 2 saturated heterocycles. The van der Waals surface area contributed by atoms with Crippen LogP contribution in [0, 0.1) is 11.8 Å². The molecule has 1 aliphatic carbocycles. The molecule has 0 bridgehead atoms. The van der Waals surface area contributed by atoms with Gasteiger partial charge in [0.25, 0.3) is 0 Å². The van der Waals surface area contributed by atoms with Crippen molar-refractivity contribution in [1.29, 1.82) is 0 Å². The van der Waals surface area contributed by atoms with Gasteiger partial charge in [0.2, 0.25) is 23.6 Å².